The third kappa shape index (κ3) is 3.34. The lowest BCUT2D eigenvalue weighted by molar-refractivity contribution is 0.0696. The molecule has 0 aliphatic heterocycles. The van der Waals surface area contributed by atoms with Crippen LogP contribution in [0.1, 0.15) is 84.3 Å². The molecule has 0 saturated carbocycles. The molecule has 27 heavy (non-hydrogen) atoms. The fourth-order valence-corrected chi connectivity index (χ4v) is 4.29. The minimum absolute atomic E-state index is 0.149. The van der Waals surface area contributed by atoms with E-state index < -0.39 is 5.97 Å². The highest BCUT2D eigenvalue weighted by Crippen LogP contribution is 2.47. The molecule has 0 atom stereocenters. The monoisotopic (exact) mass is 362 g/mol. The average molecular weight is 363 g/mol. The fraction of sp³-hybridized carbons (Fsp3) is 0.400. The van der Waals surface area contributed by atoms with Crippen LogP contribution in [0.25, 0.3) is 5.57 Å². The molecule has 0 amide bonds. The van der Waals surface area contributed by atoms with E-state index in [9.17, 15) is 9.90 Å². The highest BCUT2D eigenvalue weighted by atomic mass is 16.4. The highest BCUT2D eigenvalue weighted by molar-refractivity contribution is 5.90. The van der Waals surface area contributed by atoms with Crippen molar-refractivity contribution in [2.45, 2.75) is 65.2 Å². The molecule has 2 nitrogen and oxygen atoms in total. The molecule has 0 aromatic heterocycles. The summed E-state index contributed by atoms with van der Waals surface area (Å²) in [4.78, 5) is 11.3. The zero-order valence-corrected chi connectivity index (χ0v) is 17.4. The lowest BCUT2D eigenvalue weighted by atomic mass is 9.62. The lowest BCUT2D eigenvalue weighted by Crippen LogP contribution is -2.34. The Morgan fingerprint density at radius 2 is 1.41 bits per heavy atom. The van der Waals surface area contributed by atoms with Gasteiger partial charge in [0.25, 0.3) is 0 Å². The number of carboxylic acid groups (broad SMARTS) is 1. The van der Waals surface area contributed by atoms with Crippen molar-refractivity contribution in [2.24, 2.45) is 0 Å². The maximum absolute atomic E-state index is 11.3. The van der Waals surface area contributed by atoms with Crippen LogP contribution in [0.3, 0.4) is 0 Å². The third-order valence-corrected chi connectivity index (χ3v) is 6.33. The Hall–Kier alpha value is -2.35. The number of carboxylic acids is 1. The summed E-state index contributed by atoms with van der Waals surface area (Å²) in [6.07, 6.45) is 2.37. The molecular weight excluding hydrogens is 332 g/mol. The quantitative estimate of drug-likeness (QED) is 0.685. The van der Waals surface area contributed by atoms with Crippen molar-refractivity contribution in [3.63, 3.8) is 0 Å². The van der Waals surface area contributed by atoms with Crippen LogP contribution < -0.4 is 0 Å². The predicted octanol–water partition coefficient (Wildman–Crippen LogP) is 6.41. The summed E-state index contributed by atoms with van der Waals surface area (Å²) in [6.45, 7) is 17.7. The van der Waals surface area contributed by atoms with Crippen LogP contribution >= 0.6 is 0 Å². The highest BCUT2D eigenvalue weighted by Gasteiger charge is 2.37. The second-order valence-corrected chi connectivity index (χ2v) is 9.29. The molecule has 0 heterocycles. The molecule has 1 aliphatic rings. The van der Waals surface area contributed by atoms with Crippen LogP contribution in [0.5, 0.6) is 0 Å². The Balaban J connectivity index is 2.12. The van der Waals surface area contributed by atoms with Crippen LogP contribution in [0.2, 0.25) is 0 Å². The van der Waals surface area contributed by atoms with Gasteiger partial charge in [-0.15, -0.1) is 0 Å². The molecular formula is C25H30O2. The number of hydrogen-bond acceptors (Lipinski definition) is 1. The molecule has 2 heteroatoms. The third-order valence-electron chi connectivity index (χ3n) is 6.33. The minimum atomic E-state index is -0.890. The van der Waals surface area contributed by atoms with Gasteiger partial charge >= 0.3 is 5.97 Å². The van der Waals surface area contributed by atoms with Crippen LogP contribution in [0, 0.1) is 13.8 Å². The molecule has 1 N–H and O–H groups in total. The largest absolute Gasteiger partial charge is 0.478 e. The number of aryl methyl sites for hydroxylation is 2. The first kappa shape index (κ1) is 19.4. The molecule has 2 aromatic rings. The first-order chi connectivity index (χ1) is 12.4. The molecule has 0 saturated heterocycles. The summed E-state index contributed by atoms with van der Waals surface area (Å²) < 4.78 is 0. The van der Waals surface area contributed by atoms with Crippen molar-refractivity contribution in [1.29, 1.82) is 0 Å². The van der Waals surface area contributed by atoms with E-state index in [1.807, 2.05) is 19.1 Å². The van der Waals surface area contributed by atoms with Gasteiger partial charge in [-0.1, -0.05) is 58.5 Å². The molecule has 0 bridgehead atoms. The van der Waals surface area contributed by atoms with E-state index in [4.69, 9.17) is 0 Å². The topological polar surface area (TPSA) is 37.3 Å². The molecule has 1 aliphatic carbocycles. The molecule has 3 rings (SSSR count). The summed E-state index contributed by atoms with van der Waals surface area (Å²) in [5.41, 5.74) is 8.63. The zero-order valence-electron chi connectivity index (χ0n) is 17.4. The van der Waals surface area contributed by atoms with Gasteiger partial charge in [-0.05, 0) is 82.5 Å². The molecule has 2 aromatic carbocycles. The van der Waals surface area contributed by atoms with E-state index in [2.05, 4.69) is 53.3 Å². The standard InChI is InChI=1S/C25H30O2/c1-15-12-18(8-9-19(15)23(26)27)17(3)20-14-22-21(13-16(20)2)24(4,5)10-11-25(22,6)7/h8-9,12-14H,3,10-11H2,1-2,4-7H3,(H,26,27). The summed E-state index contributed by atoms with van der Waals surface area (Å²) in [5.74, 6) is -0.890. The number of fused-ring (bicyclic) bond motifs is 1. The van der Waals surface area contributed by atoms with E-state index in [0.717, 1.165) is 22.3 Å². The van der Waals surface area contributed by atoms with Crippen LogP contribution in [-0.2, 0) is 10.8 Å². The molecule has 142 valence electrons. The predicted molar refractivity (Wildman–Crippen MR) is 113 cm³/mol. The Labute approximate surface area is 162 Å². The van der Waals surface area contributed by atoms with Crippen molar-refractivity contribution in [3.8, 4) is 0 Å². The van der Waals surface area contributed by atoms with Gasteiger partial charge in [0.2, 0.25) is 0 Å². The maximum atomic E-state index is 11.3. The van der Waals surface area contributed by atoms with Crippen molar-refractivity contribution in [1.82, 2.24) is 0 Å². The van der Waals surface area contributed by atoms with Crippen LogP contribution in [-0.4, -0.2) is 11.1 Å². The minimum Gasteiger partial charge on any atom is -0.478 e. The summed E-state index contributed by atoms with van der Waals surface area (Å²) in [5, 5.41) is 9.27. The lowest BCUT2D eigenvalue weighted by Gasteiger charge is -2.42. The summed E-state index contributed by atoms with van der Waals surface area (Å²) >= 11 is 0. The van der Waals surface area contributed by atoms with Crippen LogP contribution in [0.4, 0.5) is 0 Å². The van der Waals surface area contributed by atoms with Gasteiger partial charge in [0, 0.05) is 0 Å². The Morgan fingerprint density at radius 1 is 0.889 bits per heavy atom. The van der Waals surface area contributed by atoms with E-state index in [1.165, 1.54) is 29.5 Å². The molecule has 0 unspecified atom stereocenters. The second kappa shape index (κ2) is 6.37. The second-order valence-electron chi connectivity index (χ2n) is 9.29. The molecule has 0 fully saturated rings. The number of aromatic carboxylic acids is 1. The first-order valence-electron chi connectivity index (χ1n) is 9.63. The Morgan fingerprint density at radius 3 is 1.93 bits per heavy atom. The van der Waals surface area contributed by atoms with Gasteiger partial charge in [0.15, 0.2) is 0 Å². The zero-order chi connectivity index (χ0) is 20.1. The van der Waals surface area contributed by atoms with Crippen molar-refractivity contribution in [3.05, 3.63) is 75.9 Å². The summed E-state index contributed by atoms with van der Waals surface area (Å²) in [6, 6.07) is 10.1. The van der Waals surface area contributed by atoms with Gasteiger partial charge in [-0.3, -0.25) is 0 Å². The number of benzene rings is 2. The van der Waals surface area contributed by atoms with Gasteiger partial charge < -0.3 is 5.11 Å². The van der Waals surface area contributed by atoms with Crippen molar-refractivity contribution >= 4 is 11.5 Å². The van der Waals surface area contributed by atoms with E-state index >= 15 is 0 Å². The maximum Gasteiger partial charge on any atom is 0.335 e. The normalized spacial score (nSPS) is 17.3. The number of hydrogen-bond donors (Lipinski definition) is 1. The number of rotatable bonds is 3. The Kier molecular flexibility index (Phi) is 4.58. The van der Waals surface area contributed by atoms with E-state index in [0.29, 0.717) is 5.56 Å². The molecule has 0 spiro atoms. The number of carbonyl (C=O) groups is 1. The smallest absolute Gasteiger partial charge is 0.335 e. The van der Waals surface area contributed by atoms with Crippen molar-refractivity contribution < 1.29 is 9.90 Å². The van der Waals surface area contributed by atoms with E-state index in [1.54, 1.807) is 6.07 Å². The van der Waals surface area contributed by atoms with Crippen molar-refractivity contribution in [2.75, 3.05) is 0 Å². The van der Waals surface area contributed by atoms with Crippen LogP contribution in [0.15, 0.2) is 36.9 Å². The fourth-order valence-electron chi connectivity index (χ4n) is 4.29. The van der Waals surface area contributed by atoms with E-state index in [-0.39, 0.29) is 10.8 Å². The molecule has 0 radical (unpaired) electrons. The van der Waals surface area contributed by atoms with Gasteiger partial charge in [-0.25, -0.2) is 4.79 Å². The summed E-state index contributed by atoms with van der Waals surface area (Å²) in [7, 11) is 0. The average Bonchev–Trinajstić information content (AvgIpc) is 2.57. The SMILES string of the molecule is C=C(c1ccc(C(=O)O)c(C)c1)c1cc2c(cc1C)C(C)(C)CCC2(C)C. The van der Waals surface area contributed by atoms with Gasteiger partial charge in [-0.2, -0.15) is 0 Å². The van der Waals surface area contributed by atoms with Gasteiger partial charge in [0.05, 0.1) is 5.56 Å². The first-order valence-corrected chi connectivity index (χ1v) is 9.63. The van der Waals surface area contributed by atoms with Gasteiger partial charge in [0.1, 0.15) is 0 Å². The Bertz CT molecular complexity index is 945.